The Hall–Kier alpha value is -0.970. The van der Waals surface area contributed by atoms with E-state index < -0.39 is 11.8 Å². The molecule has 2 nitrogen and oxygen atoms in total. The number of carbonyl (C=O) groups is 1. The zero-order chi connectivity index (χ0) is 17.3. The molecule has 2 aromatic carbocycles. The van der Waals surface area contributed by atoms with E-state index >= 15 is 0 Å². The molecule has 0 radical (unpaired) electrons. The second-order valence-corrected chi connectivity index (χ2v) is 6.24. The molecule has 8 heteroatoms. The fourth-order valence-corrected chi connectivity index (χ4v) is 3.20. The first-order chi connectivity index (χ1) is 10.7. The molecular formula is C15H6Cl5FO2. The molecule has 0 saturated carbocycles. The van der Waals surface area contributed by atoms with Crippen LogP contribution in [0.15, 0.2) is 24.3 Å². The zero-order valence-corrected chi connectivity index (χ0v) is 14.8. The number of carboxylic acids is 1. The van der Waals surface area contributed by atoms with Crippen molar-refractivity contribution in [2.24, 2.45) is 0 Å². The van der Waals surface area contributed by atoms with Crippen molar-refractivity contribution in [2.45, 2.75) is 0 Å². The van der Waals surface area contributed by atoms with Crippen molar-refractivity contribution in [1.29, 1.82) is 0 Å². The van der Waals surface area contributed by atoms with Gasteiger partial charge in [-0.05, 0) is 23.8 Å². The molecule has 1 N–H and O–H groups in total. The molecule has 0 atom stereocenters. The fourth-order valence-electron chi connectivity index (χ4n) is 1.85. The molecule has 2 aromatic rings. The Kier molecular flexibility index (Phi) is 5.82. The van der Waals surface area contributed by atoms with Crippen LogP contribution in [-0.4, -0.2) is 11.1 Å². The molecule has 0 aromatic heterocycles. The molecule has 0 aliphatic rings. The number of rotatable bonds is 3. The maximum absolute atomic E-state index is 13.8. The highest BCUT2D eigenvalue weighted by atomic mass is 35.5. The van der Waals surface area contributed by atoms with Gasteiger partial charge in [-0.3, -0.25) is 0 Å². The van der Waals surface area contributed by atoms with Crippen LogP contribution in [0.25, 0.3) is 17.2 Å². The molecule has 0 amide bonds. The van der Waals surface area contributed by atoms with Crippen molar-refractivity contribution in [3.63, 3.8) is 0 Å². The molecule has 23 heavy (non-hydrogen) atoms. The van der Waals surface area contributed by atoms with E-state index in [2.05, 4.69) is 0 Å². The van der Waals surface area contributed by atoms with E-state index in [0.717, 1.165) is 18.2 Å². The summed E-state index contributed by atoms with van der Waals surface area (Å²) in [7, 11) is 0. The van der Waals surface area contributed by atoms with E-state index in [4.69, 9.17) is 63.1 Å². The van der Waals surface area contributed by atoms with Gasteiger partial charge in [0.1, 0.15) is 5.82 Å². The van der Waals surface area contributed by atoms with Crippen LogP contribution in [0.3, 0.4) is 0 Å². The van der Waals surface area contributed by atoms with Gasteiger partial charge in [0.15, 0.2) is 0 Å². The van der Waals surface area contributed by atoms with Crippen molar-refractivity contribution in [1.82, 2.24) is 0 Å². The quantitative estimate of drug-likeness (QED) is 0.338. The molecule has 0 aliphatic carbocycles. The van der Waals surface area contributed by atoms with Gasteiger partial charge in [0, 0.05) is 17.2 Å². The van der Waals surface area contributed by atoms with Crippen molar-refractivity contribution in [3.8, 4) is 11.1 Å². The summed E-state index contributed by atoms with van der Waals surface area (Å²) in [5.74, 6) is -1.81. The van der Waals surface area contributed by atoms with Crippen molar-refractivity contribution in [3.05, 3.63) is 60.8 Å². The van der Waals surface area contributed by atoms with Gasteiger partial charge in [-0.1, -0.05) is 64.1 Å². The molecule has 2 rings (SSSR count). The van der Waals surface area contributed by atoms with Crippen LogP contribution in [0.1, 0.15) is 5.56 Å². The highest BCUT2D eigenvalue weighted by Crippen LogP contribution is 2.48. The Labute approximate surface area is 156 Å². The second-order valence-electron chi connectivity index (χ2n) is 4.35. The summed E-state index contributed by atoms with van der Waals surface area (Å²) in [6.07, 6.45) is 1.93. The van der Waals surface area contributed by atoms with Gasteiger partial charge in [-0.2, -0.15) is 0 Å². The first kappa shape index (κ1) is 18.4. The Balaban J connectivity index is 2.69. The summed E-state index contributed by atoms with van der Waals surface area (Å²) < 4.78 is 13.8. The Morgan fingerprint density at radius 1 is 0.957 bits per heavy atom. The van der Waals surface area contributed by atoms with E-state index in [9.17, 15) is 9.18 Å². The number of halogens is 6. The Morgan fingerprint density at radius 2 is 1.48 bits per heavy atom. The van der Waals surface area contributed by atoms with Gasteiger partial charge < -0.3 is 5.11 Å². The molecule has 0 fully saturated rings. The van der Waals surface area contributed by atoms with Crippen LogP contribution in [0, 0.1) is 5.82 Å². The predicted octanol–water partition coefficient (Wildman–Crippen LogP) is 6.86. The van der Waals surface area contributed by atoms with Crippen LogP contribution in [-0.2, 0) is 4.79 Å². The summed E-state index contributed by atoms with van der Waals surface area (Å²) >= 11 is 30.3. The van der Waals surface area contributed by atoms with E-state index in [1.165, 1.54) is 12.1 Å². The SMILES string of the molecule is O=C(O)/C=C/c1cc(-c2c(Cl)c(Cl)c(Cl)c(Cl)c2Cl)ccc1F. The first-order valence-electron chi connectivity index (χ1n) is 5.96. The summed E-state index contributed by atoms with van der Waals surface area (Å²) in [5, 5.41) is 8.81. The van der Waals surface area contributed by atoms with Crippen molar-refractivity contribution >= 4 is 70.1 Å². The lowest BCUT2D eigenvalue weighted by molar-refractivity contribution is -0.131. The van der Waals surface area contributed by atoms with Gasteiger partial charge in [-0.25, -0.2) is 9.18 Å². The highest BCUT2D eigenvalue weighted by molar-refractivity contribution is 6.56. The van der Waals surface area contributed by atoms with Crippen LogP contribution in [0.2, 0.25) is 25.1 Å². The largest absolute Gasteiger partial charge is 0.478 e. The van der Waals surface area contributed by atoms with Crippen LogP contribution in [0.5, 0.6) is 0 Å². The van der Waals surface area contributed by atoms with Gasteiger partial charge in [0.2, 0.25) is 0 Å². The van der Waals surface area contributed by atoms with Gasteiger partial charge in [0.25, 0.3) is 0 Å². The number of hydrogen-bond acceptors (Lipinski definition) is 1. The molecule has 0 heterocycles. The number of benzene rings is 2. The number of carboxylic acid groups (broad SMARTS) is 1. The maximum atomic E-state index is 13.8. The molecule has 0 spiro atoms. The molecule has 120 valence electrons. The van der Waals surface area contributed by atoms with Crippen molar-refractivity contribution in [2.75, 3.05) is 0 Å². The lowest BCUT2D eigenvalue weighted by Gasteiger charge is -2.13. The van der Waals surface area contributed by atoms with E-state index in [1.807, 2.05) is 0 Å². The molecule has 0 aliphatic heterocycles. The van der Waals surface area contributed by atoms with Gasteiger partial charge in [-0.15, -0.1) is 0 Å². The minimum Gasteiger partial charge on any atom is -0.478 e. The lowest BCUT2D eigenvalue weighted by Crippen LogP contribution is -1.91. The Morgan fingerprint density at radius 3 is 2.00 bits per heavy atom. The zero-order valence-electron chi connectivity index (χ0n) is 11.0. The predicted molar refractivity (Wildman–Crippen MR) is 93.6 cm³/mol. The molecule has 0 bridgehead atoms. The summed E-state index contributed by atoms with van der Waals surface area (Å²) in [5.41, 5.74) is 0.726. The number of aliphatic carboxylic acids is 1. The molecule has 0 unspecified atom stereocenters. The topological polar surface area (TPSA) is 37.3 Å². The third-order valence-corrected chi connectivity index (χ3v) is 5.18. The van der Waals surface area contributed by atoms with Crippen LogP contribution < -0.4 is 0 Å². The normalized spacial score (nSPS) is 11.2. The van der Waals surface area contributed by atoms with E-state index in [-0.39, 0.29) is 36.2 Å². The summed E-state index contributed by atoms with van der Waals surface area (Å²) in [4.78, 5) is 10.6. The van der Waals surface area contributed by atoms with Gasteiger partial charge >= 0.3 is 5.97 Å². The van der Waals surface area contributed by atoms with Crippen LogP contribution >= 0.6 is 58.0 Å². The minimum atomic E-state index is -1.21. The maximum Gasteiger partial charge on any atom is 0.328 e. The average molecular weight is 414 g/mol. The first-order valence-corrected chi connectivity index (χ1v) is 7.85. The average Bonchev–Trinajstić information content (AvgIpc) is 2.51. The lowest BCUT2D eigenvalue weighted by atomic mass is 10.0. The highest BCUT2D eigenvalue weighted by Gasteiger charge is 2.20. The van der Waals surface area contributed by atoms with Crippen LogP contribution in [0.4, 0.5) is 4.39 Å². The summed E-state index contributed by atoms with van der Waals surface area (Å²) in [6, 6.07) is 3.95. The fraction of sp³-hybridized carbons (Fsp3) is 0. The smallest absolute Gasteiger partial charge is 0.328 e. The third-order valence-electron chi connectivity index (χ3n) is 2.90. The van der Waals surface area contributed by atoms with Crippen molar-refractivity contribution < 1.29 is 14.3 Å². The molecular weight excluding hydrogens is 408 g/mol. The third kappa shape index (κ3) is 3.76. The van der Waals surface area contributed by atoms with E-state index in [0.29, 0.717) is 5.56 Å². The standard InChI is InChI=1S/C15H6Cl5FO2/c16-11-10(12(17)14(19)15(20)13(11)18)7-1-3-8(21)6(5-7)2-4-9(22)23/h1-5H,(H,22,23)/b4-2+. The Bertz CT molecular complexity index is 804. The minimum absolute atomic E-state index is 0.0141. The summed E-state index contributed by atoms with van der Waals surface area (Å²) in [6.45, 7) is 0. The van der Waals surface area contributed by atoms with E-state index in [1.54, 1.807) is 0 Å². The molecule has 0 saturated heterocycles. The monoisotopic (exact) mass is 412 g/mol. The number of hydrogen-bond donors (Lipinski definition) is 1. The second kappa shape index (κ2) is 7.29. The van der Waals surface area contributed by atoms with Gasteiger partial charge in [0.05, 0.1) is 25.1 Å².